The smallest absolute Gasteiger partial charge is 0.257 e. The Bertz CT molecular complexity index is 614. The fourth-order valence-corrected chi connectivity index (χ4v) is 3.12. The highest BCUT2D eigenvalue weighted by Gasteiger charge is 2.30. The Morgan fingerprint density at radius 3 is 2.59 bits per heavy atom. The summed E-state index contributed by atoms with van der Waals surface area (Å²) in [6, 6.07) is 3.49. The largest absolute Gasteiger partial charge is 0.507 e. The van der Waals surface area contributed by atoms with Gasteiger partial charge in [0.25, 0.3) is 5.91 Å². The first-order chi connectivity index (χ1) is 10.6. The number of aryl methyl sites for hydroxylation is 2. The number of rotatable bonds is 2. The number of aromatic hydroxyl groups is 1. The van der Waals surface area contributed by atoms with E-state index in [-0.39, 0.29) is 24.8 Å². The van der Waals surface area contributed by atoms with Crippen LogP contribution in [-0.2, 0) is 22.4 Å². The first kappa shape index (κ1) is 14.8. The van der Waals surface area contributed by atoms with Crippen LogP contribution in [0.5, 0.6) is 5.75 Å². The number of nitrogens with zero attached hydrogens (tertiary/aromatic N) is 1. The first-order valence-corrected chi connectivity index (χ1v) is 7.61. The van der Waals surface area contributed by atoms with E-state index in [4.69, 9.17) is 10.5 Å². The summed E-state index contributed by atoms with van der Waals surface area (Å²) in [4.78, 5) is 25.4. The summed E-state index contributed by atoms with van der Waals surface area (Å²) >= 11 is 0. The lowest BCUT2D eigenvalue weighted by molar-refractivity contribution is -0.133. The molecule has 2 aliphatic rings. The van der Waals surface area contributed by atoms with Crippen LogP contribution in [0.25, 0.3) is 0 Å². The molecule has 1 unspecified atom stereocenters. The van der Waals surface area contributed by atoms with Gasteiger partial charge < -0.3 is 20.5 Å². The SMILES string of the molecule is NC(=O)C1CN(C(=O)c2cc3c(cc2O)CCCC3)CCO1. The van der Waals surface area contributed by atoms with E-state index >= 15 is 0 Å². The molecule has 3 rings (SSSR count). The summed E-state index contributed by atoms with van der Waals surface area (Å²) in [5.41, 5.74) is 7.79. The number of morpholine rings is 1. The monoisotopic (exact) mass is 304 g/mol. The zero-order valence-corrected chi connectivity index (χ0v) is 12.4. The van der Waals surface area contributed by atoms with E-state index in [1.165, 1.54) is 4.90 Å². The number of carbonyl (C=O) groups is 2. The molecular weight excluding hydrogens is 284 g/mol. The molecule has 6 heteroatoms. The van der Waals surface area contributed by atoms with Crippen LogP contribution in [0, 0.1) is 0 Å². The number of phenolic OH excluding ortho intramolecular Hbond substituents is 1. The third kappa shape index (κ3) is 2.78. The average molecular weight is 304 g/mol. The summed E-state index contributed by atoms with van der Waals surface area (Å²) in [6.45, 7) is 0.787. The van der Waals surface area contributed by atoms with Crippen LogP contribution in [0.4, 0.5) is 0 Å². The zero-order chi connectivity index (χ0) is 15.7. The van der Waals surface area contributed by atoms with Crippen molar-refractivity contribution in [1.29, 1.82) is 0 Å². The second-order valence-corrected chi connectivity index (χ2v) is 5.86. The molecule has 0 radical (unpaired) electrons. The lowest BCUT2D eigenvalue weighted by Crippen LogP contribution is -2.50. The maximum atomic E-state index is 12.6. The number of benzene rings is 1. The minimum absolute atomic E-state index is 0.00719. The first-order valence-electron chi connectivity index (χ1n) is 7.61. The molecule has 0 aromatic heterocycles. The van der Waals surface area contributed by atoms with E-state index in [1.54, 1.807) is 12.1 Å². The van der Waals surface area contributed by atoms with E-state index < -0.39 is 12.0 Å². The molecule has 6 nitrogen and oxygen atoms in total. The van der Waals surface area contributed by atoms with Crippen LogP contribution >= 0.6 is 0 Å². The van der Waals surface area contributed by atoms with Gasteiger partial charge >= 0.3 is 0 Å². The van der Waals surface area contributed by atoms with Crippen molar-refractivity contribution in [1.82, 2.24) is 4.90 Å². The highest BCUT2D eigenvalue weighted by Crippen LogP contribution is 2.29. The fraction of sp³-hybridized carbons (Fsp3) is 0.500. The van der Waals surface area contributed by atoms with Gasteiger partial charge in [0.1, 0.15) is 5.75 Å². The molecule has 3 N–H and O–H groups in total. The summed E-state index contributed by atoms with van der Waals surface area (Å²) < 4.78 is 5.25. The van der Waals surface area contributed by atoms with Gasteiger partial charge in [-0.2, -0.15) is 0 Å². The molecule has 0 bridgehead atoms. The number of nitrogens with two attached hydrogens (primary N) is 1. The molecule has 1 aromatic carbocycles. The quantitative estimate of drug-likeness (QED) is 0.836. The van der Waals surface area contributed by atoms with Crippen molar-refractivity contribution < 1.29 is 19.4 Å². The summed E-state index contributed by atoms with van der Waals surface area (Å²) in [5, 5.41) is 10.2. The van der Waals surface area contributed by atoms with Crippen molar-refractivity contribution >= 4 is 11.8 Å². The molecule has 1 aliphatic heterocycles. The topological polar surface area (TPSA) is 92.9 Å². The third-order valence-electron chi connectivity index (χ3n) is 4.36. The minimum atomic E-state index is -0.780. The molecule has 0 spiro atoms. The van der Waals surface area contributed by atoms with Crippen molar-refractivity contribution in [2.45, 2.75) is 31.8 Å². The lowest BCUT2D eigenvalue weighted by atomic mass is 9.89. The van der Waals surface area contributed by atoms with Gasteiger partial charge in [-0.15, -0.1) is 0 Å². The summed E-state index contributed by atoms with van der Waals surface area (Å²) in [5.74, 6) is -0.847. The molecule has 118 valence electrons. The van der Waals surface area contributed by atoms with Gasteiger partial charge in [-0.05, 0) is 48.9 Å². The fourth-order valence-electron chi connectivity index (χ4n) is 3.12. The number of carbonyl (C=O) groups excluding carboxylic acids is 2. The second kappa shape index (κ2) is 5.96. The van der Waals surface area contributed by atoms with Gasteiger partial charge in [-0.25, -0.2) is 0 Å². The molecule has 0 saturated carbocycles. The number of amides is 2. The summed E-state index contributed by atoms with van der Waals surface area (Å²) in [7, 11) is 0. The van der Waals surface area contributed by atoms with Crippen molar-refractivity contribution in [3.8, 4) is 5.75 Å². The molecular formula is C16H20N2O4. The number of primary amides is 1. The average Bonchev–Trinajstić information content (AvgIpc) is 2.53. The predicted molar refractivity (Wildman–Crippen MR) is 79.6 cm³/mol. The van der Waals surface area contributed by atoms with Gasteiger partial charge in [0.2, 0.25) is 5.91 Å². The Morgan fingerprint density at radius 2 is 1.91 bits per heavy atom. The van der Waals surface area contributed by atoms with Crippen LogP contribution in [0.2, 0.25) is 0 Å². The van der Waals surface area contributed by atoms with Crippen LogP contribution in [0.3, 0.4) is 0 Å². The zero-order valence-electron chi connectivity index (χ0n) is 12.4. The standard InChI is InChI=1S/C16H20N2O4/c17-15(20)14-9-18(5-6-22-14)16(21)12-7-10-3-1-2-4-11(10)8-13(12)19/h7-8,14,19H,1-6,9H2,(H2,17,20). The summed E-state index contributed by atoms with van der Waals surface area (Å²) in [6.07, 6.45) is 3.31. The van der Waals surface area contributed by atoms with Gasteiger partial charge in [-0.3, -0.25) is 9.59 Å². The highest BCUT2D eigenvalue weighted by atomic mass is 16.5. The van der Waals surface area contributed by atoms with E-state index in [9.17, 15) is 14.7 Å². The minimum Gasteiger partial charge on any atom is -0.507 e. The van der Waals surface area contributed by atoms with Gasteiger partial charge in [0.15, 0.2) is 6.10 Å². The number of hydrogen-bond donors (Lipinski definition) is 2. The maximum Gasteiger partial charge on any atom is 0.257 e. The second-order valence-electron chi connectivity index (χ2n) is 5.86. The Balaban J connectivity index is 1.84. The third-order valence-corrected chi connectivity index (χ3v) is 4.36. The Kier molecular flexibility index (Phi) is 4.02. The maximum absolute atomic E-state index is 12.6. The molecule has 1 heterocycles. The van der Waals surface area contributed by atoms with E-state index in [2.05, 4.69) is 0 Å². The van der Waals surface area contributed by atoms with Crippen LogP contribution in [0.15, 0.2) is 12.1 Å². The van der Waals surface area contributed by atoms with Crippen molar-refractivity contribution in [3.05, 3.63) is 28.8 Å². The van der Waals surface area contributed by atoms with Crippen molar-refractivity contribution in [3.63, 3.8) is 0 Å². The van der Waals surface area contributed by atoms with Crippen molar-refractivity contribution in [2.75, 3.05) is 19.7 Å². The molecule has 22 heavy (non-hydrogen) atoms. The van der Waals surface area contributed by atoms with Gasteiger partial charge in [0.05, 0.1) is 18.7 Å². The van der Waals surface area contributed by atoms with Crippen LogP contribution < -0.4 is 5.73 Å². The molecule has 2 amide bonds. The normalized spacial score (nSPS) is 21.3. The number of fused-ring (bicyclic) bond motifs is 1. The van der Waals surface area contributed by atoms with E-state index in [1.807, 2.05) is 0 Å². The molecule has 1 saturated heterocycles. The highest BCUT2D eigenvalue weighted by molar-refractivity contribution is 5.97. The van der Waals surface area contributed by atoms with Crippen LogP contribution in [0.1, 0.15) is 34.3 Å². The lowest BCUT2D eigenvalue weighted by Gasteiger charge is -2.31. The number of phenols is 1. The van der Waals surface area contributed by atoms with E-state index in [0.717, 1.165) is 36.8 Å². The number of ether oxygens (including phenoxy) is 1. The van der Waals surface area contributed by atoms with Gasteiger partial charge in [0, 0.05) is 6.54 Å². The van der Waals surface area contributed by atoms with E-state index in [0.29, 0.717) is 12.1 Å². The predicted octanol–water partition coefficient (Wildman–Crippen LogP) is 0.597. The van der Waals surface area contributed by atoms with Crippen LogP contribution in [-0.4, -0.2) is 47.6 Å². The molecule has 1 aliphatic carbocycles. The Morgan fingerprint density at radius 1 is 1.23 bits per heavy atom. The Labute approximate surface area is 128 Å². The molecule has 1 atom stereocenters. The molecule has 1 aromatic rings. The molecule has 1 fully saturated rings. The van der Waals surface area contributed by atoms with Crippen molar-refractivity contribution in [2.24, 2.45) is 5.73 Å². The van der Waals surface area contributed by atoms with Gasteiger partial charge in [-0.1, -0.05) is 0 Å². The number of hydrogen-bond acceptors (Lipinski definition) is 4. The Hall–Kier alpha value is -2.08.